The van der Waals surface area contributed by atoms with Gasteiger partial charge in [-0.25, -0.2) is 0 Å². The Labute approximate surface area is 110 Å². The molecule has 0 aliphatic carbocycles. The summed E-state index contributed by atoms with van der Waals surface area (Å²) in [5.41, 5.74) is 1.24. The van der Waals surface area contributed by atoms with Gasteiger partial charge in [-0.2, -0.15) is 5.10 Å². The normalized spacial score (nSPS) is 23.7. The molecule has 0 aromatic carbocycles. The van der Waals surface area contributed by atoms with Crippen molar-refractivity contribution >= 4 is 0 Å². The maximum atomic E-state index is 5.88. The van der Waals surface area contributed by atoms with E-state index < -0.39 is 0 Å². The Morgan fingerprint density at radius 1 is 1.44 bits per heavy atom. The van der Waals surface area contributed by atoms with Gasteiger partial charge >= 0.3 is 0 Å². The van der Waals surface area contributed by atoms with Crippen LogP contribution >= 0.6 is 0 Å². The lowest BCUT2D eigenvalue weighted by Gasteiger charge is -2.17. The minimum absolute atomic E-state index is 0.236. The molecule has 1 aliphatic rings. The average molecular weight is 251 g/mol. The highest BCUT2D eigenvalue weighted by Crippen LogP contribution is 2.33. The first-order valence-corrected chi connectivity index (χ1v) is 7.19. The molecule has 1 saturated heterocycles. The Hall–Kier alpha value is -0.870. The predicted octanol–water partition coefficient (Wildman–Crippen LogP) is 2.37. The fourth-order valence-electron chi connectivity index (χ4n) is 2.55. The molecule has 1 fully saturated rings. The summed E-state index contributed by atoms with van der Waals surface area (Å²) in [7, 11) is 0. The molecule has 4 heteroatoms. The number of ether oxygens (including phenoxy) is 1. The van der Waals surface area contributed by atoms with Crippen LogP contribution < -0.4 is 5.32 Å². The van der Waals surface area contributed by atoms with Crippen LogP contribution in [-0.2, 0) is 11.3 Å². The summed E-state index contributed by atoms with van der Waals surface area (Å²) >= 11 is 0. The van der Waals surface area contributed by atoms with Gasteiger partial charge in [0.25, 0.3) is 0 Å². The summed E-state index contributed by atoms with van der Waals surface area (Å²) in [6.07, 6.45) is 7.81. The van der Waals surface area contributed by atoms with Crippen LogP contribution in [-0.4, -0.2) is 29.5 Å². The molecule has 2 unspecified atom stereocenters. The number of hydrogen-bond donors (Lipinski definition) is 1. The second-order valence-electron chi connectivity index (χ2n) is 5.08. The molecule has 2 rings (SSSR count). The monoisotopic (exact) mass is 251 g/mol. The van der Waals surface area contributed by atoms with Crippen LogP contribution in [0.15, 0.2) is 12.4 Å². The number of rotatable bonds is 7. The third-order valence-electron chi connectivity index (χ3n) is 3.48. The van der Waals surface area contributed by atoms with Gasteiger partial charge in [0.1, 0.15) is 0 Å². The number of nitrogens with zero attached hydrogens (tertiary/aromatic N) is 2. The Kier molecular flexibility index (Phi) is 5.20. The van der Waals surface area contributed by atoms with Crippen LogP contribution in [0, 0.1) is 5.92 Å². The van der Waals surface area contributed by atoms with Gasteiger partial charge in [-0.1, -0.05) is 13.8 Å². The van der Waals surface area contributed by atoms with Crippen LogP contribution in [0.2, 0.25) is 0 Å². The largest absolute Gasteiger partial charge is 0.373 e. The van der Waals surface area contributed by atoms with Crippen molar-refractivity contribution in [2.45, 2.75) is 45.8 Å². The molecular formula is C14H25N3O. The minimum atomic E-state index is 0.236. The second-order valence-corrected chi connectivity index (χ2v) is 5.08. The minimum Gasteiger partial charge on any atom is -0.373 e. The third kappa shape index (κ3) is 3.33. The predicted molar refractivity (Wildman–Crippen MR) is 72.5 cm³/mol. The van der Waals surface area contributed by atoms with Gasteiger partial charge in [0.15, 0.2) is 0 Å². The lowest BCUT2D eigenvalue weighted by Crippen LogP contribution is -2.25. The standard InChI is InChI=1S/C14H25N3O/c1-3-6-15-9-12-5-8-18-14(12)13-10-16-17(11-13)7-4-2/h10-12,14-15H,3-9H2,1-2H3. The first-order valence-electron chi connectivity index (χ1n) is 7.19. The zero-order valence-corrected chi connectivity index (χ0v) is 11.6. The molecule has 0 amide bonds. The summed E-state index contributed by atoms with van der Waals surface area (Å²) in [5, 5.41) is 7.90. The number of aryl methyl sites for hydroxylation is 1. The summed E-state index contributed by atoms with van der Waals surface area (Å²) < 4.78 is 7.90. The van der Waals surface area contributed by atoms with Crippen LogP contribution in [0.25, 0.3) is 0 Å². The fourth-order valence-corrected chi connectivity index (χ4v) is 2.55. The van der Waals surface area contributed by atoms with Gasteiger partial charge < -0.3 is 10.1 Å². The smallest absolute Gasteiger partial charge is 0.0896 e. The van der Waals surface area contributed by atoms with E-state index in [0.29, 0.717) is 5.92 Å². The maximum absolute atomic E-state index is 5.88. The van der Waals surface area contributed by atoms with Crippen molar-refractivity contribution in [3.05, 3.63) is 18.0 Å². The van der Waals surface area contributed by atoms with Crippen molar-refractivity contribution in [1.29, 1.82) is 0 Å². The first-order chi connectivity index (χ1) is 8.85. The topological polar surface area (TPSA) is 39.1 Å². The second kappa shape index (κ2) is 6.90. The zero-order chi connectivity index (χ0) is 12.8. The summed E-state index contributed by atoms with van der Waals surface area (Å²) in [6.45, 7) is 8.39. The molecule has 1 N–H and O–H groups in total. The summed E-state index contributed by atoms with van der Waals surface area (Å²) in [6, 6.07) is 0. The quantitative estimate of drug-likeness (QED) is 0.756. The highest BCUT2D eigenvalue weighted by molar-refractivity contribution is 5.11. The van der Waals surface area contributed by atoms with Crippen LogP contribution in [0.5, 0.6) is 0 Å². The van der Waals surface area contributed by atoms with E-state index in [2.05, 4.69) is 30.5 Å². The van der Waals surface area contributed by atoms with Crippen molar-refractivity contribution in [3.8, 4) is 0 Å². The van der Waals surface area contributed by atoms with Crippen LogP contribution in [0.1, 0.15) is 44.8 Å². The Bertz CT molecular complexity index is 351. The highest BCUT2D eigenvalue weighted by Gasteiger charge is 2.30. The fraction of sp³-hybridized carbons (Fsp3) is 0.786. The Balaban J connectivity index is 1.92. The van der Waals surface area contributed by atoms with Gasteiger partial charge in [-0.15, -0.1) is 0 Å². The van der Waals surface area contributed by atoms with E-state index in [1.54, 1.807) is 0 Å². The van der Waals surface area contributed by atoms with E-state index in [4.69, 9.17) is 4.74 Å². The van der Waals surface area contributed by atoms with Gasteiger partial charge in [-0.3, -0.25) is 4.68 Å². The van der Waals surface area contributed by atoms with Crippen molar-refractivity contribution in [1.82, 2.24) is 15.1 Å². The number of hydrogen-bond acceptors (Lipinski definition) is 3. The number of nitrogens with one attached hydrogen (secondary N) is 1. The number of aromatic nitrogens is 2. The molecule has 0 bridgehead atoms. The van der Waals surface area contributed by atoms with Crippen molar-refractivity contribution < 1.29 is 4.74 Å². The van der Waals surface area contributed by atoms with Gasteiger partial charge in [0, 0.05) is 37.4 Å². The molecule has 1 aliphatic heterocycles. The molecule has 1 aromatic rings. The lowest BCUT2D eigenvalue weighted by atomic mass is 9.97. The van der Waals surface area contributed by atoms with Gasteiger partial charge in [0.2, 0.25) is 0 Å². The first kappa shape index (κ1) is 13.6. The van der Waals surface area contributed by atoms with Crippen molar-refractivity contribution in [2.24, 2.45) is 5.92 Å². The average Bonchev–Trinajstić information content (AvgIpc) is 2.98. The van der Waals surface area contributed by atoms with Crippen molar-refractivity contribution in [3.63, 3.8) is 0 Å². The molecule has 0 spiro atoms. The van der Waals surface area contributed by atoms with E-state index >= 15 is 0 Å². The van der Waals surface area contributed by atoms with E-state index in [1.807, 2.05) is 10.9 Å². The maximum Gasteiger partial charge on any atom is 0.0896 e. The summed E-state index contributed by atoms with van der Waals surface area (Å²) in [4.78, 5) is 0. The molecular weight excluding hydrogens is 226 g/mol. The van der Waals surface area contributed by atoms with E-state index in [1.165, 1.54) is 12.0 Å². The lowest BCUT2D eigenvalue weighted by molar-refractivity contribution is 0.0905. The van der Waals surface area contributed by atoms with Crippen LogP contribution in [0.3, 0.4) is 0 Å². The summed E-state index contributed by atoms with van der Waals surface area (Å²) in [5.74, 6) is 0.593. The molecule has 18 heavy (non-hydrogen) atoms. The molecule has 1 aromatic heterocycles. The highest BCUT2D eigenvalue weighted by atomic mass is 16.5. The molecule has 2 heterocycles. The molecule has 102 valence electrons. The Morgan fingerprint density at radius 2 is 2.33 bits per heavy atom. The van der Waals surface area contributed by atoms with E-state index in [-0.39, 0.29) is 6.10 Å². The molecule has 0 radical (unpaired) electrons. The zero-order valence-electron chi connectivity index (χ0n) is 11.6. The van der Waals surface area contributed by atoms with Crippen LogP contribution in [0.4, 0.5) is 0 Å². The van der Waals surface area contributed by atoms with E-state index in [9.17, 15) is 0 Å². The SMILES string of the molecule is CCCNCC1CCOC1c1cnn(CCC)c1. The molecule has 0 saturated carbocycles. The molecule has 4 nitrogen and oxygen atoms in total. The molecule has 2 atom stereocenters. The third-order valence-corrected chi connectivity index (χ3v) is 3.48. The van der Waals surface area contributed by atoms with E-state index in [0.717, 1.165) is 39.1 Å². The Morgan fingerprint density at radius 3 is 3.11 bits per heavy atom. The van der Waals surface area contributed by atoms with Gasteiger partial charge in [0.05, 0.1) is 12.3 Å². The van der Waals surface area contributed by atoms with Gasteiger partial charge in [-0.05, 0) is 25.8 Å². The van der Waals surface area contributed by atoms with Crippen molar-refractivity contribution in [2.75, 3.05) is 19.7 Å².